The molecule has 3 rings (SSSR count). The summed E-state index contributed by atoms with van der Waals surface area (Å²) in [5.74, 6) is 2.04. The van der Waals surface area contributed by atoms with E-state index < -0.39 is 0 Å². The summed E-state index contributed by atoms with van der Waals surface area (Å²) in [4.78, 5) is 15.3. The van der Waals surface area contributed by atoms with E-state index in [4.69, 9.17) is 4.74 Å². The highest BCUT2D eigenvalue weighted by Crippen LogP contribution is 2.27. The minimum atomic E-state index is 0.586. The van der Waals surface area contributed by atoms with Crippen LogP contribution in [0, 0.1) is 5.92 Å². The van der Waals surface area contributed by atoms with E-state index in [1.807, 2.05) is 18.5 Å². The number of anilines is 1. The van der Waals surface area contributed by atoms with E-state index in [0.29, 0.717) is 11.8 Å². The molecule has 6 heteroatoms. The lowest BCUT2D eigenvalue weighted by atomic mass is 9.91. The van der Waals surface area contributed by atoms with E-state index in [0.717, 1.165) is 42.8 Å². The molecule has 1 aliphatic heterocycles. The van der Waals surface area contributed by atoms with Gasteiger partial charge in [-0.2, -0.15) is 4.98 Å². The molecule has 0 saturated carbocycles. The molecule has 0 radical (unpaired) electrons. The van der Waals surface area contributed by atoms with Gasteiger partial charge in [0.2, 0.25) is 11.8 Å². The van der Waals surface area contributed by atoms with Crippen LogP contribution in [-0.4, -0.2) is 35.2 Å². The number of rotatable bonds is 4. The number of pyridine rings is 1. The normalized spacial score (nSPS) is 15.8. The zero-order chi connectivity index (χ0) is 15.4. The summed E-state index contributed by atoms with van der Waals surface area (Å²) in [6, 6.07) is 4.16. The van der Waals surface area contributed by atoms with E-state index in [2.05, 4.69) is 41.8 Å². The Kier molecular flexibility index (Phi) is 4.87. The Balaban J connectivity index is 1.59. The van der Waals surface area contributed by atoms with Crippen LogP contribution in [0.2, 0.25) is 0 Å². The molecular weight excluding hydrogens is 344 g/mol. The lowest BCUT2D eigenvalue weighted by Crippen LogP contribution is -2.35. The second-order valence-electron chi connectivity index (χ2n) is 5.52. The van der Waals surface area contributed by atoms with Crippen LogP contribution < -0.4 is 9.64 Å². The van der Waals surface area contributed by atoms with Crippen molar-refractivity contribution < 1.29 is 4.74 Å². The highest BCUT2D eigenvalue weighted by Gasteiger charge is 2.22. The summed E-state index contributed by atoms with van der Waals surface area (Å²) in [5, 5.41) is 0. The molecular formula is C16H19BrN4O. The van der Waals surface area contributed by atoms with E-state index in [-0.39, 0.29) is 0 Å². The third kappa shape index (κ3) is 3.55. The number of aromatic nitrogens is 3. The van der Waals surface area contributed by atoms with Crippen molar-refractivity contribution in [2.75, 3.05) is 25.1 Å². The van der Waals surface area contributed by atoms with Crippen LogP contribution in [-0.2, 0) is 6.42 Å². The summed E-state index contributed by atoms with van der Waals surface area (Å²) < 4.78 is 6.03. The second-order valence-corrected chi connectivity index (χ2v) is 6.38. The average molecular weight is 363 g/mol. The molecule has 5 nitrogen and oxygen atoms in total. The molecule has 2 aromatic heterocycles. The van der Waals surface area contributed by atoms with Crippen LogP contribution in [0.4, 0.5) is 5.95 Å². The molecule has 2 aromatic rings. The smallest absolute Gasteiger partial charge is 0.232 e. The predicted octanol–water partition coefficient (Wildman–Crippen LogP) is 3.10. The Labute approximate surface area is 138 Å². The molecule has 3 heterocycles. The fraction of sp³-hybridized carbons (Fsp3) is 0.438. The van der Waals surface area contributed by atoms with Gasteiger partial charge >= 0.3 is 0 Å². The maximum atomic E-state index is 5.24. The Hall–Kier alpha value is -1.69. The van der Waals surface area contributed by atoms with Gasteiger partial charge in [0.1, 0.15) is 0 Å². The van der Waals surface area contributed by atoms with Crippen LogP contribution in [0.15, 0.2) is 35.2 Å². The molecule has 116 valence electrons. The Morgan fingerprint density at radius 3 is 2.82 bits per heavy atom. The van der Waals surface area contributed by atoms with Gasteiger partial charge in [-0.15, -0.1) is 0 Å². The Morgan fingerprint density at radius 2 is 2.14 bits per heavy atom. The van der Waals surface area contributed by atoms with Gasteiger partial charge < -0.3 is 9.64 Å². The number of hydrogen-bond acceptors (Lipinski definition) is 5. The summed E-state index contributed by atoms with van der Waals surface area (Å²) in [6.45, 7) is 1.96. The number of methoxy groups -OCH3 is 1. The zero-order valence-electron chi connectivity index (χ0n) is 12.6. The van der Waals surface area contributed by atoms with Crippen molar-refractivity contribution in [1.29, 1.82) is 0 Å². The summed E-state index contributed by atoms with van der Waals surface area (Å²) in [7, 11) is 1.62. The number of nitrogens with zero attached hydrogens (tertiary/aromatic N) is 4. The molecule has 1 fully saturated rings. The van der Waals surface area contributed by atoms with Gasteiger partial charge in [-0.3, -0.25) is 4.98 Å². The van der Waals surface area contributed by atoms with Gasteiger partial charge in [-0.05, 0) is 52.7 Å². The van der Waals surface area contributed by atoms with Crippen LogP contribution in [0.25, 0.3) is 0 Å². The van der Waals surface area contributed by atoms with Crippen LogP contribution in [0.5, 0.6) is 5.88 Å². The summed E-state index contributed by atoms with van der Waals surface area (Å²) in [5.41, 5.74) is 1.32. The van der Waals surface area contributed by atoms with Crippen LogP contribution in [0.3, 0.4) is 0 Å². The Morgan fingerprint density at radius 1 is 1.32 bits per heavy atom. The second kappa shape index (κ2) is 7.05. The van der Waals surface area contributed by atoms with Gasteiger partial charge in [0.15, 0.2) is 0 Å². The minimum Gasteiger partial charge on any atom is -0.480 e. The molecule has 0 aliphatic carbocycles. The monoisotopic (exact) mass is 362 g/mol. The lowest BCUT2D eigenvalue weighted by molar-refractivity contribution is 0.385. The summed E-state index contributed by atoms with van der Waals surface area (Å²) in [6.07, 6.45) is 8.95. The maximum Gasteiger partial charge on any atom is 0.232 e. The Bertz CT molecular complexity index is 615. The molecule has 0 spiro atoms. The number of piperidine rings is 1. The maximum absolute atomic E-state index is 5.24. The first-order chi connectivity index (χ1) is 10.8. The van der Waals surface area contributed by atoms with Crippen molar-refractivity contribution in [1.82, 2.24) is 15.0 Å². The quantitative estimate of drug-likeness (QED) is 0.836. The first-order valence-electron chi connectivity index (χ1n) is 7.46. The third-order valence-corrected chi connectivity index (χ3v) is 4.58. The molecule has 22 heavy (non-hydrogen) atoms. The largest absolute Gasteiger partial charge is 0.480 e. The average Bonchev–Trinajstić information content (AvgIpc) is 2.57. The SMILES string of the molecule is COc1nc(N2CCC(Cc3cccnc3)CC2)ncc1Br. The first kappa shape index (κ1) is 15.2. The highest BCUT2D eigenvalue weighted by atomic mass is 79.9. The molecule has 0 aromatic carbocycles. The zero-order valence-corrected chi connectivity index (χ0v) is 14.2. The fourth-order valence-electron chi connectivity index (χ4n) is 2.83. The van der Waals surface area contributed by atoms with E-state index in [9.17, 15) is 0 Å². The molecule has 1 aliphatic rings. The standard InChI is InChI=1S/C16H19BrN4O/c1-22-15-14(17)11-19-16(20-15)21-7-4-12(5-8-21)9-13-3-2-6-18-10-13/h2-3,6,10-12H,4-5,7-9H2,1H3. The van der Waals surface area contributed by atoms with Crippen molar-refractivity contribution in [2.24, 2.45) is 5.92 Å². The number of ether oxygens (including phenoxy) is 1. The van der Waals surface area contributed by atoms with Gasteiger partial charge in [0, 0.05) is 25.5 Å². The van der Waals surface area contributed by atoms with Gasteiger partial charge in [0.25, 0.3) is 0 Å². The molecule has 0 amide bonds. The lowest BCUT2D eigenvalue weighted by Gasteiger charge is -2.32. The number of hydrogen-bond donors (Lipinski definition) is 0. The van der Waals surface area contributed by atoms with Gasteiger partial charge in [-0.25, -0.2) is 4.98 Å². The van der Waals surface area contributed by atoms with Gasteiger partial charge in [0.05, 0.1) is 17.8 Å². The molecule has 0 unspecified atom stereocenters. The van der Waals surface area contributed by atoms with Crippen LogP contribution in [0.1, 0.15) is 18.4 Å². The van der Waals surface area contributed by atoms with Crippen LogP contribution >= 0.6 is 15.9 Å². The number of halogens is 1. The molecule has 1 saturated heterocycles. The van der Waals surface area contributed by atoms with Crippen molar-refractivity contribution in [3.05, 3.63) is 40.8 Å². The first-order valence-corrected chi connectivity index (χ1v) is 8.26. The van der Waals surface area contributed by atoms with E-state index in [1.54, 1.807) is 13.3 Å². The minimum absolute atomic E-state index is 0.586. The van der Waals surface area contributed by atoms with Crippen molar-refractivity contribution in [3.8, 4) is 5.88 Å². The molecule has 0 bridgehead atoms. The fourth-order valence-corrected chi connectivity index (χ4v) is 3.18. The van der Waals surface area contributed by atoms with Crippen molar-refractivity contribution in [2.45, 2.75) is 19.3 Å². The van der Waals surface area contributed by atoms with Gasteiger partial charge in [-0.1, -0.05) is 6.07 Å². The highest BCUT2D eigenvalue weighted by molar-refractivity contribution is 9.10. The van der Waals surface area contributed by atoms with E-state index in [1.165, 1.54) is 5.56 Å². The topological polar surface area (TPSA) is 51.1 Å². The molecule has 0 N–H and O–H groups in total. The van der Waals surface area contributed by atoms with Crippen molar-refractivity contribution >= 4 is 21.9 Å². The summed E-state index contributed by atoms with van der Waals surface area (Å²) >= 11 is 3.39. The van der Waals surface area contributed by atoms with E-state index >= 15 is 0 Å². The molecule has 0 atom stereocenters. The third-order valence-electron chi connectivity index (χ3n) is 4.04. The predicted molar refractivity (Wildman–Crippen MR) is 89.2 cm³/mol. The van der Waals surface area contributed by atoms with Crippen molar-refractivity contribution in [3.63, 3.8) is 0 Å².